The molecule has 1 N–H and O–H groups in total. The van der Waals surface area contributed by atoms with Crippen LogP contribution in [-0.4, -0.2) is 31.8 Å². The molecule has 0 radical (unpaired) electrons. The van der Waals surface area contributed by atoms with E-state index in [1.165, 1.54) is 13.3 Å². The molecular formula is C17H15IN2O4. The standard InChI is InChI=1S/C17H15IN2O4/c1-23-16(21)11-24-15-4-2-3-12(9-15)10-19-20-17(22)13-5-7-14(18)8-6-13/h2-10H,11H2,1H3,(H,20,22)/b19-10-. The number of rotatable bonds is 6. The number of carbonyl (C=O) groups excluding carboxylic acids is 2. The maximum absolute atomic E-state index is 11.9. The van der Waals surface area contributed by atoms with Crippen molar-refractivity contribution in [1.82, 2.24) is 5.43 Å². The molecule has 0 bridgehead atoms. The number of hydrazone groups is 1. The highest BCUT2D eigenvalue weighted by atomic mass is 127. The lowest BCUT2D eigenvalue weighted by molar-refractivity contribution is -0.142. The van der Waals surface area contributed by atoms with Gasteiger partial charge in [-0.1, -0.05) is 12.1 Å². The van der Waals surface area contributed by atoms with Crippen molar-refractivity contribution in [1.29, 1.82) is 0 Å². The zero-order valence-electron chi connectivity index (χ0n) is 12.9. The number of carbonyl (C=O) groups is 2. The number of halogens is 1. The van der Waals surface area contributed by atoms with Crippen LogP contribution in [0.2, 0.25) is 0 Å². The zero-order chi connectivity index (χ0) is 17.4. The second-order valence-corrected chi connectivity index (χ2v) is 5.89. The molecule has 6 nitrogen and oxygen atoms in total. The van der Waals surface area contributed by atoms with Crippen LogP contribution in [0.3, 0.4) is 0 Å². The highest BCUT2D eigenvalue weighted by Gasteiger charge is 2.04. The van der Waals surface area contributed by atoms with E-state index >= 15 is 0 Å². The third kappa shape index (κ3) is 5.65. The van der Waals surface area contributed by atoms with E-state index in [9.17, 15) is 9.59 Å². The Kier molecular flexibility index (Phi) is 6.74. The molecule has 0 aliphatic carbocycles. The van der Waals surface area contributed by atoms with Crippen molar-refractivity contribution >= 4 is 40.7 Å². The molecule has 24 heavy (non-hydrogen) atoms. The van der Waals surface area contributed by atoms with E-state index in [1.807, 2.05) is 12.1 Å². The average molecular weight is 438 g/mol. The zero-order valence-corrected chi connectivity index (χ0v) is 15.0. The molecular weight excluding hydrogens is 423 g/mol. The summed E-state index contributed by atoms with van der Waals surface area (Å²) in [6, 6.07) is 14.1. The maximum Gasteiger partial charge on any atom is 0.343 e. The summed E-state index contributed by atoms with van der Waals surface area (Å²) in [5.41, 5.74) is 3.71. The largest absolute Gasteiger partial charge is 0.482 e. The molecule has 0 fully saturated rings. The van der Waals surface area contributed by atoms with Gasteiger partial charge < -0.3 is 9.47 Å². The Labute approximate surface area is 153 Å². The topological polar surface area (TPSA) is 77.0 Å². The van der Waals surface area contributed by atoms with E-state index in [2.05, 4.69) is 37.9 Å². The van der Waals surface area contributed by atoms with Crippen LogP contribution in [0.15, 0.2) is 53.6 Å². The normalized spacial score (nSPS) is 10.4. The Balaban J connectivity index is 1.92. The van der Waals surface area contributed by atoms with Crippen LogP contribution < -0.4 is 10.2 Å². The Hall–Kier alpha value is -2.42. The summed E-state index contributed by atoms with van der Waals surface area (Å²) in [4.78, 5) is 23.0. The van der Waals surface area contributed by atoms with Crippen molar-refractivity contribution in [2.24, 2.45) is 5.10 Å². The van der Waals surface area contributed by atoms with Gasteiger partial charge in [0.15, 0.2) is 6.61 Å². The van der Waals surface area contributed by atoms with Crippen molar-refractivity contribution in [3.05, 3.63) is 63.2 Å². The summed E-state index contributed by atoms with van der Waals surface area (Å²) < 4.78 is 10.8. The molecule has 0 aromatic heterocycles. The van der Waals surface area contributed by atoms with Crippen LogP contribution in [0.5, 0.6) is 5.75 Å². The van der Waals surface area contributed by atoms with Crippen molar-refractivity contribution in [2.45, 2.75) is 0 Å². The van der Waals surface area contributed by atoms with Crippen LogP contribution in [0.4, 0.5) is 0 Å². The quantitative estimate of drug-likeness (QED) is 0.326. The van der Waals surface area contributed by atoms with E-state index in [0.29, 0.717) is 11.3 Å². The number of nitrogens with one attached hydrogen (secondary N) is 1. The molecule has 0 saturated heterocycles. The van der Waals surface area contributed by atoms with Gasteiger partial charge in [-0.15, -0.1) is 0 Å². The predicted molar refractivity (Wildman–Crippen MR) is 98.2 cm³/mol. The van der Waals surface area contributed by atoms with Crippen molar-refractivity contribution in [3.63, 3.8) is 0 Å². The number of esters is 1. The van der Waals surface area contributed by atoms with Gasteiger partial charge in [0.25, 0.3) is 5.91 Å². The first-order valence-corrected chi connectivity index (χ1v) is 8.05. The molecule has 7 heteroatoms. The van der Waals surface area contributed by atoms with E-state index in [-0.39, 0.29) is 12.5 Å². The minimum atomic E-state index is -0.459. The SMILES string of the molecule is COC(=O)COc1cccc(/C=N\NC(=O)c2ccc(I)cc2)c1. The third-order valence-electron chi connectivity index (χ3n) is 2.93. The molecule has 1 amide bonds. The molecule has 0 spiro atoms. The fraction of sp³-hybridized carbons (Fsp3) is 0.118. The molecule has 2 rings (SSSR count). The summed E-state index contributed by atoms with van der Waals surface area (Å²) in [6.07, 6.45) is 1.50. The Morgan fingerprint density at radius 3 is 2.67 bits per heavy atom. The molecule has 0 saturated carbocycles. The summed E-state index contributed by atoms with van der Waals surface area (Å²) in [7, 11) is 1.30. The number of amides is 1. The number of hydrogen-bond donors (Lipinski definition) is 1. The second kappa shape index (κ2) is 9.02. The molecule has 2 aromatic rings. The van der Waals surface area contributed by atoms with E-state index < -0.39 is 5.97 Å². The highest BCUT2D eigenvalue weighted by Crippen LogP contribution is 2.12. The van der Waals surface area contributed by atoms with Crippen molar-refractivity contribution in [3.8, 4) is 5.75 Å². The van der Waals surface area contributed by atoms with Crippen LogP contribution in [-0.2, 0) is 9.53 Å². The van der Waals surface area contributed by atoms with Gasteiger partial charge in [0.05, 0.1) is 13.3 Å². The van der Waals surface area contributed by atoms with Gasteiger partial charge in [-0.2, -0.15) is 5.10 Å². The van der Waals surface area contributed by atoms with E-state index in [1.54, 1.807) is 36.4 Å². The summed E-state index contributed by atoms with van der Waals surface area (Å²) in [5.74, 6) is -0.243. The predicted octanol–water partition coefficient (Wildman–Crippen LogP) is 2.61. The van der Waals surface area contributed by atoms with Crippen LogP contribution >= 0.6 is 22.6 Å². The van der Waals surface area contributed by atoms with E-state index in [4.69, 9.17) is 4.74 Å². The number of benzene rings is 2. The van der Waals surface area contributed by atoms with Gasteiger partial charge in [0.1, 0.15) is 5.75 Å². The van der Waals surface area contributed by atoms with Gasteiger partial charge in [-0.05, 0) is 64.6 Å². The fourth-order valence-corrected chi connectivity index (χ4v) is 2.08. The summed E-state index contributed by atoms with van der Waals surface area (Å²) in [6.45, 7) is -0.166. The van der Waals surface area contributed by atoms with Crippen LogP contribution in [0, 0.1) is 3.57 Å². The van der Waals surface area contributed by atoms with Gasteiger partial charge in [-0.3, -0.25) is 4.79 Å². The van der Waals surface area contributed by atoms with Crippen LogP contribution in [0.25, 0.3) is 0 Å². The van der Waals surface area contributed by atoms with Gasteiger partial charge in [-0.25, -0.2) is 10.2 Å². The smallest absolute Gasteiger partial charge is 0.343 e. The summed E-state index contributed by atoms with van der Waals surface area (Å²) in [5, 5.41) is 3.92. The van der Waals surface area contributed by atoms with E-state index in [0.717, 1.165) is 9.13 Å². The third-order valence-corrected chi connectivity index (χ3v) is 3.65. The molecule has 0 atom stereocenters. The Morgan fingerprint density at radius 1 is 1.21 bits per heavy atom. The molecule has 0 aliphatic heterocycles. The lowest BCUT2D eigenvalue weighted by Crippen LogP contribution is -2.17. The van der Waals surface area contributed by atoms with Crippen molar-refractivity contribution in [2.75, 3.05) is 13.7 Å². The molecule has 0 aliphatic rings. The summed E-state index contributed by atoms with van der Waals surface area (Å²) >= 11 is 2.17. The first-order valence-electron chi connectivity index (χ1n) is 6.97. The van der Waals surface area contributed by atoms with Crippen LogP contribution in [0.1, 0.15) is 15.9 Å². The van der Waals surface area contributed by atoms with Gasteiger partial charge >= 0.3 is 5.97 Å². The average Bonchev–Trinajstić information content (AvgIpc) is 2.60. The molecule has 0 heterocycles. The van der Waals surface area contributed by atoms with Gasteiger partial charge in [0, 0.05) is 9.13 Å². The molecule has 0 unspecified atom stereocenters. The Morgan fingerprint density at radius 2 is 1.96 bits per heavy atom. The second-order valence-electron chi connectivity index (χ2n) is 4.64. The maximum atomic E-state index is 11.9. The first kappa shape index (κ1) is 17.9. The monoisotopic (exact) mass is 438 g/mol. The highest BCUT2D eigenvalue weighted by molar-refractivity contribution is 14.1. The lowest BCUT2D eigenvalue weighted by atomic mass is 10.2. The fourth-order valence-electron chi connectivity index (χ4n) is 1.72. The minimum absolute atomic E-state index is 0.166. The number of ether oxygens (including phenoxy) is 2. The van der Waals surface area contributed by atoms with Gasteiger partial charge in [0.2, 0.25) is 0 Å². The van der Waals surface area contributed by atoms with Crippen molar-refractivity contribution < 1.29 is 19.1 Å². The molecule has 124 valence electrons. The molecule has 2 aromatic carbocycles. The number of hydrogen-bond acceptors (Lipinski definition) is 5. The number of nitrogens with zero attached hydrogens (tertiary/aromatic N) is 1. The first-order chi connectivity index (χ1) is 11.6. The minimum Gasteiger partial charge on any atom is -0.482 e. The lowest BCUT2D eigenvalue weighted by Gasteiger charge is -2.05. The Bertz CT molecular complexity index is 745. The number of methoxy groups -OCH3 is 1.